The zero-order valence-electron chi connectivity index (χ0n) is 10.8. The third-order valence-electron chi connectivity index (χ3n) is 1.98. The second kappa shape index (κ2) is 5.56. The Hall–Kier alpha value is -1.30. The lowest BCUT2D eigenvalue weighted by Crippen LogP contribution is -2.30. The van der Waals surface area contributed by atoms with Gasteiger partial charge in [0.2, 0.25) is 0 Å². The van der Waals surface area contributed by atoms with Crippen molar-refractivity contribution in [1.82, 2.24) is 4.57 Å². The van der Waals surface area contributed by atoms with Gasteiger partial charge in [0, 0.05) is 6.07 Å². The van der Waals surface area contributed by atoms with E-state index in [2.05, 4.69) is 15.9 Å². The maximum Gasteiger partial charge on any atom is 0.326 e. The molecular weight excluding hydrogens is 302 g/mol. The molecule has 18 heavy (non-hydrogen) atoms. The minimum atomic E-state index is -0.569. The first-order valence-corrected chi connectivity index (χ1v) is 6.18. The molecule has 0 radical (unpaired) electrons. The van der Waals surface area contributed by atoms with Gasteiger partial charge in [-0.15, -0.1) is 0 Å². The summed E-state index contributed by atoms with van der Waals surface area (Å²) in [5, 5.41) is 0. The first-order valence-electron chi connectivity index (χ1n) is 5.39. The number of esters is 1. The van der Waals surface area contributed by atoms with Crippen molar-refractivity contribution in [2.75, 3.05) is 7.11 Å². The molecule has 0 atom stereocenters. The zero-order valence-corrected chi connectivity index (χ0v) is 12.4. The van der Waals surface area contributed by atoms with Crippen LogP contribution in [0.4, 0.5) is 0 Å². The summed E-state index contributed by atoms with van der Waals surface area (Å²) in [6.45, 7) is 5.18. The molecule has 1 heterocycles. The lowest BCUT2D eigenvalue weighted by atomic mass is 10.2. The van der Waals surface area contributed by atoms with E-state index in [1.807, 2.05) is 0 Å². The van der Waals surface area contributed by atoms with Gasteiger partial charge in [0.05, 0.1) is 17.8 Å². The van der Waals surface area contributed by atoms with Crippen LogP contribution in [0.1, 0.15) is 20.8 Å². The second-order valence-corrected chi connectivity index (χ2v) is 5.60. The molecule has 0 N–H and O–H groups in total. The Balaban J connectivity index is 2.91. The van der Waals surface area contributed by atoms with E-state index in [-0.39, 0.29) is 12.1 Å². The van der Waals surface area contributed by atoms with E-state index in [4.69, 9.17) is 9.47 Å². The van der Waals surface area contributed by atoms with Gasteiger partial charge in [-0.05, 0) is 36.7 Å². The van der Waals surface area contributed by atoms with Crippen LogP contribution in [-0.2, 0) is 16.1 Å². The summed E-state index contributed by atoms with van der Waals surface area (Å²) >= 11 is 3.20. The molecule has 0 amide bonds. The number of pyridine rings is 1. The van der Waals surface area contributed by atoms with Gasteiger partial charge in [-0.3, -0.25) is 9.59 Å². The number of halogens is 1. The highest BCUT2D eigenvalue weighted by atomic mass is 79.9. The SMILES string of the molecule is COc1cn(CC(=O)OC(C)(C)C)c(=O)cc1Br. The molecule has 1 rings (SSSR count). The summed E-state index contributed by atoms with van der Waals surface area (Å²) in [6.07, 6.45) is 1.47. The van der Waals surface area contributed by atoms with Crippen molar-refractivity contribution in [3.05, 3.63) is 27.1 Å². The molecule has 0 saturated heterocycles. The van der Waals surface area contributed by atoms with E-state index >= 15 is 0 Å². The molecular formula is C12H16BrNO4. The Morgan fingerprint density at radius 3 is 2.56 bits per heavy atom. The quantitative estimate of drug-likeness (QED) is 0.800. The molecule has 100 valence electrons. The molecule has 0 unspecified atom stereocenters. The number of hydrogen-bond acceptors (Lipinski definition) is 4. The number of carbonyl (C=O) groups excluding carboxylic acids is 1. The Morgan fingerprint density at radius 2 is 2.06 bits per heavy atom. The molecule has 0 fully saturated rings. The fraction of sp³-hybridized carbons (Fsp3) is 0.500. The van der Waals surface area contributed by atoms with Gasteiger partial charge >= 0.3 is 5.97 Å². The molecule has 1 aromatic rings. The van der Waals surface area contributed by atoms with Crippen molar-refractivity contribution in [3.8, 4) is 5.75 Å². The minimum absolute atomic E-state index is 0.139. The van der Waals surface area contributed by atoms with E-state index in [0.717, 1.165) is 0 Å². The molecule has 5 nitrogen and oxygen atoms in total. The smallest absolute Gasteiger partial charge is 0.326 e. The van der Waals surface area contributed by atoms with Crippen LogP contribution in [0.15, 0.2) is 21.5 Å². The highest BCUT2D eigenvalue weighted by Gasteiger charge is 2.17. The average Bonchev–Trinajstić information content (AvgIpc) is 2.19. The fourth-order valence-electron chi connectivity index (χ4n) is 1.32. The Morgan fingerprint density at radius 1 is 1.44 bits per heavy atom. The number of hydrogen-bond donors (Lipinski definition) is 0. The highest BCUT2D eigenvalue weighted by Crippen LogP contribution is 2.21. The van der Waals surface area contributed by atoms with Crippen molar-refractivity contribution < 1.29 is 14.3 Å². The lowest BCUT2D eigenvalue weighted by Gasteiger charge is -2.19. The van der Waals surface area contributed by atoms with Gasteiger partial charge in [-0.1, -0.05) is 0 Å². The molecule has 0 spiro atoms. The number of nitrogens with zero attached hydrogens (tertiary/aromatic N) is 1. The summed E-state index contributed by atoms with van der Waals surface area (Å²) < 4.78 is 12.0. The van der Waals surface area contributed by atoms with E-state index < -0.39 is 11.6 Å². The first kappa shape index (κ1) is 14.8. The average molecular weight is 318 g/mol. The molecule has 0 aromatic carbocycles. The molecule has 6 heteroatoms. The van der Waals surface area contributed by atoms with Gasteiger partial charge in [-0.2, -0.15) is 0 Å². The number of rotatable bonds is 3. The molecule has 1 aromatic heterocycles. The number of carbonyl (C=O) groups is 1. The first-order chi connectivity index (χ1) is 8.23. The van der Waals surface area contributed by atoms with Crippen molar-refractivity contribution in [2.24, 2.45) is 0 Å². The van der Waals surface area contributed by atoms with Gasteiger partial charge in [0.15, 0.2) is 0 Å². The van der Waals surface area contributed by atoms with Gasteiger partial charge < -0.3 is 14.0 Å². The summed E-state index contributed by atoms with van der Waals surface area (Å²) in [7, 11) is 1.49. The lowest BCUT2D eigenvalue weighted by molar-refractivity contribution is -0.155. The Kier molecular flexibility index (Phi) is 4.56. The Bertz CT molecular complexity index is 502. The monoisotopic (exact) mass is 317 g/mol. The van der Waals surface area contributed by atoms with Gasteiger partial charge in [0.25, 0.3) is 5.56 Å². The molecule has 0 bridgehead atoms. The summed E-state index contributed by atoms with van der Waals surface area (Å²) in [5.41, 5.74) is -0.867. The maximum absolute atomic E-state index is 11.7. The van der Waals surface area contributed by atoms with E-state index in [0.29, 0.717) is 10.2 Å². The van der Waals surface area contributed by atoms with E-state index in [1.54, 1.807) is 20.8 Å². The van der Waals surface area contributed by atoms with Crippen LogP contribution in [0.5, 0.6) is 5.75 Å². The van der Waals surface area contributed by atoms with Crippen molar-refractivity contribution in [3.63, 3.8) is 0 Å². The third kappa shape index (κ3) is 4.18. The Labute approximate surface area is 114 Å². The predicted molar refractivity (Wildman–Crippen MR) is 70.8 cm³/mol. The van der Waals surface area contributed by atoms with E-state index in [9.17, 15) is 9.59 Å². The minimum Gasteiger partial charge on any atom is -0.494 e. The molecule has 0 aliphatic rings. The van der Waals surface area contributed by atoms with Gasteiger partial charge in [0.1, 0.15) is 17.9 Å². The number of methoxy groups -OCH3 is 1. The van der Waals surface area contributed by atoms with Crippen LogP contribution >= 0.6 is 15.9 Å². The van der Waals surface area contributed by atoms with Crippen LogP contribution in [0, 0.1) is 0 Å². The third-order valence-corrected chi connectivity index (χ3v) is 2.60. The summed E-state index contributed by atoms with van der Waals surface area (Å²) in [5.74, 6) is 0.0205. The van der Waals surface area contributed by atoms with Crippen molar-refractivity contribution in [2.45, 2.75) is 32.9 Å². The standard InChI is InChI=1S/C12H16BrNO4/c1-12(2,3)18-11(16)7-14-6-9(17-4)8(13)5-10(14)15/h5-6H,7H2,1-4H3. The summed E-state index contributed by atoms with van der Waals surface area (Å²) in [6, 6.07) is 1.35. The largest absolute Gasteiger partial charge is 0.494 e. The molecule has 0 aliphatic heterocycles. The van der Waals surface area contributed by atoms with Crippen molar-refractivity contribution in [1.29, 1.82) is 0 Å². The molecule has 0 aliphatic carbocycles. The van der Waals surface area contributed by atoms with E-state index in [1.165, 1.54) is 23.9 Å². The fourth-order valence-corrected chi connectivity index (χ4v) is 1.78. The molecule has 0 saturated carbocycles. The maximum atomic E-state index is 11.7. The van der Waals surface area contributed by atoms with Crippen LogP contribution in [0.2, 0.25) is 0 Å². The topological polar surface area (TPSA) is 57.5 Å². The van der Waals surface area contributed by atoms with Crippen LogP contribution < -0.4 is 10.3 Å². The zero-order chi connectivity index (χ0) is 13.9. The second-order valence-electron chi connectivity index (χ2n) is 4.74. The number of aromatic nitrogens is 1. The van der Waals surface area contributed by atoms with Crippen LogP contribution in [0.3, 0.4) is 0 Å². The number of ether oxygens (including phenoxy) is 2. The normalized spacial score (nSPS) is 11.2. The highest BCUT2D eigenvalue weighted by molar-refractivity contribution is 9.10. The predicted octanol–water partition coefficient (Wildman–Crippen LogP) is 1.96. The van der Waals surface area contributed by atoms with Crippen LogP contribution in [-0.4, -0.2) is 23.2 Å². The van der Waals surface area contributed by atoms with Crippen LogP contribution in [0.25, 0.3) is 0 Å². The van der Waals surface area contributed by atoms with Gasteiger partial charge in [-0.25, -0.2) is 0 Å². The van der Waals surface area contributed by atoms with Crippen molar-refractivity contribution >= 4 is 21.9 Å². The summed E-state index contributed by atoms with van der Waals surface area (Å²) in [4.78, 5) is 23.3.